The fraction of sp³-hybridized carbons (Fsp3) is 0.455. The van der Waals surface area contributed by atoms with E-state index >= 15 is 0 Å². The Morgan fingerprint density at radius 3 is 1.93 bits per heavy atom. The van der Waals surface area contributed by atoms with Crippen molar-refractivity contribution in [3.8, 4) is 0 Å². The van der Waals surface area contributed by atoms with Crippen molar-refractivity contribution in [2.45, 2.75) is 26.5 Å². The lowest BCUT2D eigenvalue weighted by molar-refractivity contribution is 0.536. The van der Waals surface area contributed by atoms with Crippen LogP contribution < -0.4 is 5.73 Å². The molecule has 1 atom stereocenters. The van der Waals surface area contributed by atoms with Gasteiger partial charge in [-0.25, -0.2) is 0 Å². The first-order valence-corrected chi connectivity index (χ1v) is 6.12. The van der Waals surface area contributed by atoms with Crippen molar-refractivity contribution in [3.05, 3.63) is 35.4 Å². The smallest absolute Gasteiger partial charge is 0.0353 e. The van der Waals surface area contributed by atoms with E-state index in [0.29, 0.717) is 0 Å². The Labute approximate surface area is 95.0 Å². The molecule has 0 aromatic heterocycles. The van der Waals surface area contributed by atoms with Crippen LogP contribution in [0.15, 0.2) is 24.3 Å². The van der Waals surface area contributed by atoms with Gasteiger partial charge in [0.15, 0.2) is 0 Å². The first kappa shape index (κ1) is 16.7. The predicted octanol–water partition coefficient (Wildman–Crippen LogP) is 1.98. The second kappa shape index (κ2) is 11.4. The van der Waals surface area contributed by atoms with Gasteiger partial charge in [0.05, 0.1) is 0 Å². The van der Waals surface area contributed by atoms with E-state index < -0.39 is 11.1 Å². The largest absolute Gasteiger partial charge is 0.772 e. The van der Waals surface area contributed by atoms with E-state index in [-0.39, 0.29) is 5.75 Å². The summed E-state index contributed by atoms with van der Waals surface area (Å²) in [5, 5.41) is 0. The summed E-state index contributed by atoms with van der Waals surface area (Å²) in [4.78, 5) is 0. The molecule has 0 aliphatic heterocycles. The summed E-state index contributed by atoms with van der Waals surface area (Å²) < 4.78 is 20.5. The average Bonchev–Trinajstić information content (AvgIpc) is 2.27. The molecule has 0 bridgehead atoms. The number of hydrogen-bond acceptors (Lipinski definition) is 3. The molecule has 1 aromatic rings. The second-order valence-electron chi connectivity index (χ2n) is 2.43. The highest BCUT2D eigenvalue weighted by molar-refractivity contribution is 7.78. The Balaban J connectivity index is 0. The first-order valence-electron chi connectivity index (χ1n) is 4.87. The Kier molecular flexibility index (Phi) is 12.7. The van der Waals surface area contributed by atoms with Gasteiger partial charge in [-0.1, -0.05) is 54.8 Å². The molecule has 1 rings (SSSR count). The molecule has 0 aliphatic carbocycles. The van der Waals surface area contributed by atoms with Crippen LogP contribution in [0.2, 0.25) is 0 Å². The zero-order chi connectivity index (χ0) is 12.3. The van der Waals surface area contributed by atoms with Crippen molar-refractivity contribution in [3.63, 3.8) is 0 Å². The van der Waals surface area contributed by atoms with E-state index in [1.54, 1.807) is 0 Å². The third-order valence-corrected chi connectivity index (χ3v) is 1.97. The summed E-state index contributed by atoms with van der Waals surface area (Å²) in [5.41, 5.74) is 6.48. The second-order valence-corrected chi connectivity index (χ2v) is 3.33. The van der Waals surface area contributed by atoms with Crippen LogP contribution in [0.3, 0.4) is 0 Å². The molecular formula is C11H20NO2S-. The van der Waals surface area contributed by atoms with Gasteiger partial charge in [-0.3, -0.25) is 4.21 Å². The predicted molar refractivity (Wildman–Crippen MR) is 65.3 cm³/mol. The normalized spacial score (nSPS) is 10.3. The van der Waals surface area contributed by atoms with Crippen LogP contribution in [0.4, 0.5) is 0 Å². The molecule has 1 aromatic carbocycles. The molecule has 0 heterocycles. The fourth-order valence-electron chi connectivity index (χ4n) is 0.820. The number of nitrogens with two attached hydrogens (primary N) is 1. The van der Waals surface area contributed by atoms with Gasteiger partial charge in [-0.05, 0) is 19.5 Å². The van der Waals surface area contributed by atoms with Crippen LogP contribution in [0, 0.1) is 6.92 Å². The van der Waals surface area contributed by atoms with Gasteiger partial charge < -0.3 is 10.3 Å². The monoisotopic (exact) mass is 230 g/mol. The van der Waals surface area contributed by atoms with E-state index in [9.17, 15) is 8.76 Å². The molecule has 1 unspecified atom stereocenters. The lowest BCUT2D eigenvalue weighted by Crippen LogP contribution is -1.92. The highest BCUT2D eigenvalue weighted by Crippen LogP contribution is 2.04. The molecule has 0 saturated heterocycles. The zero-order valence-corrected chi connectivity index (χ0v) is 10.6. The molecule has 2 N–H and O–H groups in total. The standard InChI is InChI=1S/C8H10O2S.C2H6.CH5N/c1-7-2-4-8(5-3-7)6-11(9)10;2*1-2/h2-5H,6H2,1H3,(H,9,10);1-2H3;2H2,1H3/p-1. The van der Waals surface area contributed by atoms with E-state index in [1.807, 2.05) is 45.0 Å². The highest BCUT2D eigenvalue weighted by atomic mass is 32.2. The van der Waals surface area contributed by atoms with Gasteiger partial charge in [-0.15, -0.1) is 0 Å². The Morgan fingerprint density at radius 1 is 1.20 bits per heavy atom. The summed E-state index contributed by atoms with van der Waals surface area (Å²) in [6.45, 7) is 5.97. The van der Waals surface area contributed by atoms with E-state index in [0.717, 1.165) is 11.1 Å². The Bertz CT molecular complexity index is 260. The molecule has 0 aliphatic rings. The van der Waals surface area contributed by atoms with Crippen molar-refractivity contribution in [2.75, 3.05) is 7.05 Å². The topological polar surface area (TPSA) is 66.2 Å². The van der Waals surface area contributed by atoms with Crippen LogP contribution in [0.25, 0.3) is 0 Å². The zero-order valence-electron chi connectivity index (χ0n) is 9.82. The third kappa shape index (κ3) is 9.59. The minimum Gasteiger partial charge on any atom is -0.772 e. The van der Waals surface area contributed by atoms with Crippen LogP contribution in [0.5, 0.6) is 0 Å². The molecule has 0 amide bonds. The summed E-state index contributed by atoms with van der Waals surface area (Å²) in [6.07, 6.45) is 0. The maximum atomic E-state index is 10.3. The minimum absolute atomic E-state index is 0.111. The Hall–Kier alpha value is -0.710. The summed E-state index contributed by atoms with van der Waals surface area (Å²) in [6, 6.07) is 7.46. The molecule has 0 fully saturated rings. The van der Waals surface area contributed by atoms with Crippen molar-refractivity contribution in [2.24, 2.45) is 5.73 Å². The van der Waals surface area contributed by atoms with Crippen LogP contribution >= 0.6 is 0 Å². The third-order valence-electron chi connectivity index (χ3n) is 1.41. The molecule has 15 heavy (non-hydrogen) atoms. The fourth-order valence-corrected chi connectivity index (χ4v) is 1.29. The summed E-state index contributed by atoms with van der Waals surface area (Å²) in [7, 11) is 1.50. The van der Waals surface area contributed by atoms with Crippen molar-refractivity contribution in [1.82, 2.24) is 0 Å². The maximum absolute atomic E-state index is 10.3. The number of rotatable bonds is 2. The minimum atomic E-state index is -1.97. The average molecular weight is 230 g/mol. The van der Waals surface area contributed by atoms with Gasteiger partial charge in [-0.2, -0.15) is 0 Å². The Morgan fingerprint density at radius 2 is 1.60 bits per heavy atom. The van der Waals surface area contributed by atoms with E-state index in [1.165, 1.54) is 7.05 Å². The molecule has 4 heteroatoms. The number of aryl methyl sites for hydroxylation is 1. The van der Waals surface area contributed by atoms with Gasteiger partial charge in [0.2, 0.25) is 0 Å². The van der Waals surface area contributed by atoms with Gasteiger partial charge in [0.1, 0.15) is 0 Å². The van der Waals surface area contributed by atoms with E-state index in [4.69, 9.17) is 0 Å². The highest BCUT2D eigenvalue weighted by Gasteiger charge is 1.90. The SMILES string of the molecule is CC.CN.Cc1ccc(CS(=O)[O-])cc1. The molecule has 0 saturated carbocycles. The van der Waals surface area contributed by atoms with Crippen LogP contribution in [0.1, 0.15) is 25.0 Å². The number of benzene rings is 1. The van der Waals surface area contributed by atoms with Gasteiger partial charge in [0, 0.05) is 5.75 Å². The van der Waals surface area contributed by atoms with Gasteiger partial charge >= 0.3 is 0 Å². The number of hydrogen-bond donors (Lipinski definition) is 1. The molecule has 3 nitrogen and oxygen atoms in total. The quantitative estimate of drug-likeness (QED) is 0.790. The summed E-state index contributed by atoms with van der Waals surface area (Å²) >= 11 is -1.97. The molecular weight excluding hydrogens is 210 g/mol. The molecule has 88 valence electrons. The maximum Gasteiger partial charge on any atom is 0.0353 e. The van der Waals surface area contributed by atoms with Crippen molar-refractivity contribution < 1.29 is 8.76 Å². The van der Waals surface area contributed by atoms with Crippen molar-refractivity contribution >= 4 is 11.1 Å². The lowest BCUT2D eigenvalue weighted by atomic mass is 10.2. The summed E-state index contributed by atoms with van der Waals surface area (Å²) in [5.74, 6) is 0.111. The van der Waals surface area contributed by atoms with Crippen LogP contribution in [-0.4, -0.2) is 15.8 Å². The van der Waals surface area contributed by atoms with Gasteiger partial charge in [0.25, 0.3) is 0 Å². The molecule has 0 radical (unpaired) electrons. The van der Waals surface area contributed by atoms with Crippen LogP contribution in [-0.2, 0) is 16.8 Å². The lowest BCUT2D eigenvalue weighted by Gasteiger charge is -2.04. The van der Waals surface area contributed by atoms with Crippen molar-refractivity contribution in [1.29, 1.82) is 0 Å². The molecule has 0 spiro atoms. The van der Waals surface area contributed by atoms with E-state index in [2.05, 4.69) is 5.73 Å². The first-order chi connectivity index (χ1) is 7.18.